The SMILES string of the molecule is C=CCOC(=O)NCc1ccc([C@@H]2O[C@H](CN(C)[C@@H](C)[C@H](O)c3ccccc3)[C@H](C)[C@H](c3ccc(CO)cc3)O2)cc1. The van der Waals surface area contributed by atoms with Crippen LogP contribution in [-0.2, 0) is 27.4 Å². The number of alkyl carbamates (subject to hydrolysis) is 1. The molecule has 224 valence electrons. The molecule has 3 N–H and O–H groups in total. The van der Waals surface area contributed by atoms with Crippen molar-refractivity contribution < 1.29 is 29.2 Å². The van der Waals surface area contributed by atoms with Gasteiger partial charge in [0.1, 0.15) is 6.61 Å². The molecule has 1 heterocycles. The topological polar surface area (TPSA) is 100 Å². The number of hydrogen-bond donors (Lipinski definition) is 3. The van der Waals surface area contributed by atoms with E-state index in [4.69, 9.17) is 14.2 Å². The molecule has 0 unspecified atom stereocenters. The molecular weight excluding hydrogens is 532 g/mol. The van der Waals surface area contributed by atoms with Crippen LogP contribution >= 0.6 is 0 Å². The predicted molar refractivity (Wildman–Crippen MR) is 161 cm³/mol. The van der Waals surface area contributed by atoms with Gasteiger partial charge >= 0.3 is 6.09 Å². The van der Waals surface area contributed by atoms with Crippen molar-refractivity contribution in [2.24, 2.45) is 5.92 Å². The van der Waals surface area contributed by atoms with Crippen LogP contribution in [0.2, 0.25) is 0 Å². The van der Waals surface area contributed by atoms with Gasteiger partial charge in [0.05, 0.1) is 24.9 Å². The maximum absolute atomic E-state index is 11.8. The Labute approximate surface area is 248 Å². The minimum absolute atomic E-state index is 0.00907. The summed E-state index contributed by atoms with van der Waals surface area (Å²) in [7, 11) is 2.00. The summed E-state index contributed by atoms with van der Waals surface area (Å²) >= 11 is 0. The Balaban J connectivity index is 1.51. The Morgan fingerprint density at radius 2 is 1.67 bits per heavy atom. The number of hydrogen-bond acceptors (Lipinski definition) is 7. The van der Waals surface area contributed by atoms with E-state index in [1.807, 2.05) is 92.8 Å². The molecule has 8 nitrogen and oxygen atoms in total. The van der Waals surface area contributed by atoms with Crippen LogP contribution in [0.3, 0.4) is 0 Å². The van der Waals surface area contributed by atoms with Gasteiger partial charge in [-0.05, 0) is 36.2 Å². The zero-order valence-corrected chi connectivity index (χ0v) is 24.6. The van der Waals surface area contributed by atoms with Gasteiger partial charge < -0.3 is 29.7 Å². The molecule has 1 fully saturated rings. The van der Waals surface area contributed by atoms with Crippen molar-refractivity contribution in [2.75, 3.05) is 20.2 Å². The van der Waals surface area contributed by atoms with Gasteiger partial charge in [-0.1, -0.05) is 98.4 Å². The molecule has 0 radical (unpaired) electrons. The van der Waals surface area contributed by atoms with Crippen molar-refractivity contribution in [3.63, 3.8) is 0 Å². The van der Waals surface area contributed by atoms with Gasteiger partial charge in [-0.2, -0.15) is 0 Å². The molecule has 4 rings (SSSR count). The summed E-state index contributed by atoms with van der Waals surface area (Å²) in [6, 6.07) is 25.1. The van der Waals surface area contributed by atoms with Gasteiger partial charge in [-0.25, -0.2) is 4.79 Å². The lowest BCUT2D eigenvalue weighted by Crippen LogP contribution is -2.46. The van der Waals surface area contributed by atoms with Crippen LogP contribution < -0.4 is 5.32 Å². The van der Waals surface area contributed by atoms with Gasteiger partial charge in [0.2, 0.25) is 0 Å². The number of benzene rings is 3. The first-order valence-electron chi connectivity index (χ1n) is 14.3. The summed E-state index contributed by atoms with van der Waals surface area (Å²) in [4.78, 5) is 13.9. The number of likely N-dealkylation sites (N-methyl/N-ethyl adjacent to an activating group) is 1. The molecule has 0 bridgehead atoms. The lowest BCUT2D eigenvalue weighted by molar-refractivity contribution is -0.276. The molecule has 3 aromatic carbocycles. The van der Waals surface area contributed by atoms with Crippen LogP contribution in [0.4, 0.5) is 4.79 Å². The van der Waals surface area contributed by atoms with E-state index in [-0.39, 0.29) is 37.4 Å². The third-order valence-electron chi connectivity index (χ3n) is 7.91. The highest BCUT2D eigenvalue weighted by molar-refractivity contribution is 5.67. The first-order chi connectivity index (χ1) is 20.3. The van der Waals surface area contributed by atoms with E-state index in [9.17, 15) is 15.0 Å². The maximum Gasteiger partial charge on any atom is 0.407 e. The summed E-state index contributed by atoms with van der Waals surface area (Å²) in [5.41, 5.74) is 4.50. The third-order valence-corrected chi connectivity index (χ3v) is 7.91. The fourth-order valence-electron chi connectivity index (χ4n) is 5.10. The highest BCUT2D eigenvalue weighted by Crippen LogP contribution is 2.42. The second kappa shape index (κ2) is 15.1. The maximum atomic E-state index is 11.8. The largest absolute Gasteiger partial charge is 0.445 e. The summed E-state index contributed by atoms with van der Waals surface area (Å²) in [5.74, 6) is 0.00907. The molecule has 1 aliphatic rings. The highest BCUT2D eigenvalue weighted by Gasteiger charge is 2.39. The van der Waals surface area contributed by atoms with E-state index in [0.29, 0.717) is 13.1 Å². The van der Waals surface area contributed by atoms with Crippen molar-refractivity contribution in [3.05, 3.63) is 119 Å². The molecule has 0 aromatic heterocycles. The van der Waals surface area contributed by atoms with Crippen molar-refractivity contribution in [1.29, 1.82) is 0 Å². The molecule has 0 aliphatic carbocycles. The Bertz CT molecular complexity index is 1270. The number of nitrogens with zero attached hydrogens (tertiary/aromatic N) is 1. The van der Waals surface area contributed by atoms with Gasteiger partial charge in [-0.15, -0.1) is 0 Å². The zero-order valence-electron chi connectivity index (χ0n) is 24.6. The minimum atomic E-state index is -0.640. The van der Waals surface area contributed by atoms with E-state index in [1.54, 1.807) is 0 Å². The molecule has 0 spiro atoms. The van der Waals surface area contributed by atoms with Gasteiger partial charge in [0.15, 0.2) is 6.29 Å². The Morgan fingerprint density at radius 3 is 2.31 bits per heavy atom. The third kappa shape index (κ3) is 8.06. The lowest BCUT2D eigenvalue weighted by atomic mass is 9.89. The zero-order chi connectivity index (χ0) is 30.1. The summed E-state index contributed by atoms with van der Waals surface area (Å²) in [5, 5.41) is 23.3. The average Bonchev–Trinajstić information content (AvgIpc) is 3.03. The summed E-state index contributed by atoms with van der Waals surface area (Å²) in [6.07, 6.45) is -0.672. The first-order valence-corrected chi connectivity index (χ1v) is 14.3. The number of nitrogens with one attached hydrogen (secondary N) is 1. The average molecular weight is 575 g/mol. The van der Waals surface area contributed by atoms with Crippen LogP contribution in [0.1, 0.15) is 60.2 Å². The number of rotatable bonds is 12. The second-order valence-corrected chi connectivity index (χ2v) is 10.8. The van der Waals surface area contributed by atoms with Crippen LogP contribution in [0.15, 0.2) is 91.5 Å². The number of ether oxygens (including phenoxy) is 3. The highest BCUT2D eigenvalue weighted by atomic mass is 16.7. The number of carbonyl (C=O) groups is 1. The van der Waals surface area contributed by atoms with Crippen molar-refractivity contribution in [3.8, 4) is 0 Å². The summed E-state index contributed by atoms with van der Waals surface area (Å²) in [6.45, 7) is 8.74. The van der Waals surface area contributed by atoms with Crippen LogP contribution in [-0.4, -0.2) is 53.6 Å². The molecule has 3 aromatic rings. The van der Waals surface area contributed by atoms with Gasteiger partial charge in [-0.3, -0.25) is 4.90 Å². The standard InChI is InChI=1S/C34H42N2O6/c1-5-19-40-34(39)35-20-25-11-17-29(18-12-25)33-41-30(21-36(4)24(3)31(38)27-9-7-6-8-10-27)23(2)32(42-33)28-15-13-26(22-37)14-16-28/h5-18,23-24,30-33,37-38H,1,19-22H2,2-4H3,(H,35,39)/t23-,24-,30+,31-,32+,33+/m0/s1. The number of carbonyl (C=O) groups excluding carboxylic acids is 1. The fourth-order valence-corrected chi connectivity index (χ4v) is 5.10. The van der Waals surface area contributed by atoms with E-state index in [0.717, 1.165) is 27.8 Å². The molecule has 42 heavy (non-hydrogen) atoms. The molecule has 1 aliphatic heterocycles. The number of amides is 1. The number of aliphatic hydroxyl groups is 2. The molecule has 6 atom stereocenters. The lowest BCUT2D eigenvalue weighted by Gasteiger charge is -2.43. The minimum Gasteiger partial charge on any atom is -0.445 e. The van der Waals surface area contributed by atoms with E-state index in [2.05, 4.69) is 23.7 Å². The number of aliphatic hydroxyl groups excluding tert-OH is 2. The molecule has 1 saturated heterocycles. The van der Waals surface area contributed by atoms with E-state index < -0.39 is 18.5 Å². The Kier molecular flexibility index (Phi) is 11.3. The fraction of sp³-hybridized carbons (Fsp3) is 0.382. The van der Waals surface area contributed by atoms with Crippen LogP contribution in [0.5, 0.6) is 0 Å². The molecule has 0 saturated carbocycles. The Morgan fingerprint density at radius 1 is 1.02 bits per heavy atom. The smallest absolute Gasteiger partial charge is 0.407 e. The van der Waals surface area contributed by atoms with E-state index in [1.165, 1.54) is 6.08 Å². The first kappa shape index (κ1) is 31.4. The quantitative estimate of drug-likeness (QED) is 0.248. The Hall–Kier alpha value is -3.53. The molecule has 1 amide bonds. The predicted octanol–water partition coefficient (Wildman–Crippen LogP) is 5.44. The normalized spacial score (nSPS) is 21.9. The van der Waals surface area contributed by atoms with Crippen LogP contribution in [0, 0.1) is 5.92 Å². The summed E-state index contributed by atoms with van der Waals surface area (Å²) < 4.78 is 18.1. The van der Waals surface area contributed by atoms with Crippen molar-refractivity contribution in [2.45, 2.75) is 57.6 Å². The monoisotopic (exact) mass is 574 g/mol. The molecular formula is C34H42N2O6. The molecule has 8 heteroatoms. The van der Waals surface area contributed by atoms with Crippen molar-refractivity contribution >= 4 is 6.09 Å². The second-order valence-electron chi connectivity index (χ2n) is 10.8. The van der Waals surface area contributed by atoms with Gasteiger partial charge in [0, 0.05) is 30.6 Å². The van der Waals surface area contributed by atoms with Crippen molar-refractivity contribution in [1.82, 2.24) is 10.2 Å². The van der Waals surface area contributed by atoms with Crippen LogP contribution in [0.25, 0.3) is 0 Å². The van der Waals surface area contributed by atoms with Gasteiger partial charge in [0.25, 0.3) is 0 Å². The van der Waals surface area contributed by atoms with E-state index >= 15 is 0 Å².